The molecular formula is C20H25N5O2. The molecular weight excluding hydrogens is 342 g/mol. The van der Waals surface area contributed by atoms with Gasteiger partial charge in [-0.05, 0) is 37.8 Å². The van der Waals surface area contributed by atoms with Crippen LogP contribution in [0, 0.1) is 0 Å². The second-order valence-corrected chi connectivity index (χ2v) is 7.21. The number of nitrogens with zero attached hydrogens (tertiary/aromatic N) is 5. The molecule has 1 amide bonds. The first kappa shape index (κ1) is 17.9. The predicted octanol–water partition coefficient (Wildman–Crippen LogP) is 2.08. The first-order valence-electron chi connectivity index (χ1n) is 9.57. The van der Waals surface area contributed by atoms with Crippen LogP contribution in [0.2, 0.25) is 0 Å². The van der Waals surface area contributed by atoms with Gasteiger partial charge in [-0.15, -0.1) is 0 Å². The molecule has 0 radical (unpaired) electrons. The number of aromatic nitrogens is 3. The number of rotatable bonds is 4. The van der Waals surface area contributed by atoms with Crippen LogP contribution in [-0.4, -0.2) is 58.6 Å². The minimum absolute atomic E-state index is 0.00197. The van der Waals surface area contributed by atoms with Gasteiger partial charge in [-0.2, -0.15) is 0 Å². The van der Waals surface area contributed by atoms with Gasteiger partial charge in [0.2, 0.25) is 0 Å². The fourth-order valence-electron chi connectivity index (χ4n) is 3.85. The van der Waals surface area contributed by atoms with Crippen molar-refractivity contribution < 1.29 is 9.53 Å². The zero-order chi connectivity index (χ0) is 18.6. The molecule has 0 spiro atoms. The lowest BCUT2D eigenvalue weighted by molar-refractivity contribution is 0.0215. The maximum atomic E-state index is 12.7. The average molecular weight is 367 g/mol. The fraction of sp³-hybridized carbons (Fsp3) is 0.500. The molecule has 0 unspecified atom stereocenters. The third-order valence-electron chi connectivity index (χ3n) is 5.29. The molecule has 1 atom stereocenters. The number of pyridine rings is 1. The van der Waals surface area contributed by atoms with Crippen LogP contribution in [-0.2, 0) is 17.7 Å². The van der Waals surface area contributed by atoms with E-state index in [1.807, 2.05) is 4.90 Å². The Morgan fingerprint density at radius 2 is 2.30 bits per heavy atom. The number of hydrogen-bond acceptors (Lipinski definition) is 6. The molecule has 7 heteroatoms. The second-order valence-electron chi connectivity index (χ2n) is 7.21. The Hall–Kier alpha value is -2.54. The van der Waals surface area contributed by atoms with Crippen LogP contribution < -0.4 is 4.90 Å². The summed E-state index contributed by atoms with van der Waals surface area (Å²) in [6, 6.07) is 3.59. The van der Waals surface area contributed by atoms with E-state index in [0.29, 0.717) is 18.7 Å². The summed E-state index contributed by atoms with van der Waals surface area (Å²) in [5.41, 5.74) is 2.69. The van der Waals surface area contributed by atoms with Crippen molar-refractivity contribution in [3.8, 4) is 0 Å². The van der Waals surface area contributed by atoms with Gasteiger partial charge in [0.25, 0.3) is 5.91 Å². The predicted molar refractivity (Wildman–Crippen MR) is 102 cm³/mol. The molecule has 1 fully saturated rings. The molecule has 7 nitrogen and oxygen atoms in total. The monoisotopic (exact) mass is 367 g/mol. The topological polar surface area (TPSA) is 71.5 Å². The number of carbonyl (C=O) groups excluding carboxylic acids is 1. The first-order chi connectivity index (χ1) is 13.2. The summed E-state index contributed by atoms with van der Waals surface area (Å²) in [6.45, 7) is 2.86. The number of anilines is 1. The number of ether oxygens (including phenoxy) is 1. The van der Waals surface area contributed by atoms with Gasteiger partial charge in [-0.3, -0.25) is 9.78 Å². The highest BCUT2D eigenvalue weighted by Crippen LogP contribution is 2.26. The van der Waals surface area contributed by atoms with Crippen molar-refractivity contribution in [3.05, 3.63) is 47.7 Å². The van der Waals surface area contributed by atoms with Gasteiger partial charge < -0.3 is 14.5 Å². The van der Waals surface area contributed by atoms with Crippen molar-refractivity contribution in [1.82, 2.24) is 19.9 Å². The van der Waals surface area contributed by atoms with Gasteiger partial charge >= 0.3 is 0 Å². The molecule has 0 aliphatic carbocycles. The summed E-state index contributed by atoms with van der Waals surface area (Å²) in [5, 5.41) is 0. The van der Waals surface area contributed by atoms with Gasteiger partial charge in [-0.1, -0.05) is 0 Å². The Morgan fingerprint density at radius 3 is 3.07 bits per heavy atom. The van der Waals surface area contributed by atoms with Gasteiger partial charge in [0.05, 0.1) is 23.9 Å². The van der Waals surface area contributed by atoms with E-state index in [2.05, 4.69) is 26.9 Å². The third kappa shape index (κ3) is 3.93. The largest absolute Gasteiger partial charge is 0.376 e. The molecule has 0 saturated carbocycles. The van der Waals surface area contributed by atoms with Gasteiger partial charge in [0, 0.05) is 44.7 Å². The second kappa shape index (κ2) is 8.00. The molecule has 0 bridgehead atoms. The highest BCUT2D eigenvalue weighted by molar-refractivity contribution is 5.94. The molecule has 1 saturated heterocycles. The number of amides is 1. The Balaban J connectivity index is 1.48. The van der Waals surface area contributed by atoms with Crippen LogP contribution in [0.1, 0.15) is 40.9 Å². The van der Waals surface area contributed by atoms with Gasteiger partial charge in [-0.25, -0.2) is 9.97 Å². The standard InChI is InChI=1S/C20H25N5O2/c1-24(12-16-6-2-3-10-27-16)19-17-7-9-25(13-18(17)22-14-23-19)20(26)15-5-4-8-21-11-15/h4-5,8,11,14,16H,2-3,6-7,9-10,12-13H2,1H3/t16-/m0/s1. The Labute approximate surface area is 159 Å². The molecule has 0 N–H and O–H groups in total. The molecule has 2 aromatic heterocycles. The first-order valence-corrected chi connectivity index (χ1v) is 9.57. The van der Waals surface area contributed by atoms with Crippen LogP contribution in [0.15, 0.2) is 30.9 Å². The van der Waals surface area contributed by atoms with Crippen molar-refractivity contribution in [1.29, 1.82) is 0 Å². The smallest absolute Gasteiger partial charge is 0.255 e. The molecule has 27 heavy (non-hydrogen) atoms. The van der Waals surface area contributed by atoms with E-state index in [1.54, 1.807) is 30.9 Å². The van der Waals surface area contributed by atoms with Gasteiger partial charge in [0.15, 0.2) is 0 Å². The van der Waals surface area contributed by atoms with Crippen LogP contribution in [0.3, 0.4) is 0 Å². The van der Waals surface area contributed by atoms with E-state index in [4.69, 9.17) is 4.74 Å². The van der Waals surface area contributed by atoms with E-state index in [9.17, 15) is 4.79 Å². The van der Waals surface area contributed by atoms with Crippen molar-refractivity contribution >= 4 is 11.7 Å². The molecule has 2 aliphatic rings. The number of carbonyl (C=O) groups is 1. The Kier molecular flexibility index (Phi) is 5.29. The van der Waals surface area contributed by atoms with E-state index in [1.165, 1.54) is 6.42 Å². The maximum absolute atomic E-state index is 12.7. The highest BCUT2D eigenvalue weighted by Gasteiger charge is 2.27. The molecule has 142 valence electrons. The highest BCUT2D eigenvalue weighted by atomic mass is 16.5. The summed E-state index contributed by atoms with van der Waals surface area (Å²) >= 11 is 0. The average Bonchev–Trinajstić information content (AvgIpc) is 2.73. The molecule has 2 aliphatic heterocycles. The maximum Gasteiger partial charge on any atom is 0.255 e. The quantitative estimate of drug-likeness (QED) is 0.824. The van der Waals surface area contributed by atoms with Crippen LogP contribution in [0.25, 0.3) is 0 Å². The zero-order valence-corrected chi connectivity index (χ0v) is 15.7. The molecule has 0 aromatic carbocycles. The molecule has 4 heterocycles. The van der Waals surface area contributed by atoms with E-state index >= 15 is 0 Å². The van der Waals surface area contributed by atoms with Crippen LogP contribution >= 0.6 is 0 Å². The number of fused-ring (bicyclic) bond motifs is 1. The Morgan fingerprint density at radius 1 is 1.37 bits per heavy atom. The number of likely N-dealkylation sites (N-methyl/N-ethyl adjacent to an activating group) is 1. The lowest BCUT2D eigenvalue weighted by atomic mass is 10.0. The summed E-state index contributed by atoms with van der Waals surface area (Å²) < 4.78 is 5.87. The Bertz CT molecular complexity index is 792. The molecule has 4 rings (SSSR count). The summed E-state index contributed by atoms with van der Waals surface area (Å²) in [4.78, 5) is 29.8. The lowest BCUT2D eigenvalue weighted by Crippen LogP contribution is -2.39. The van der Waals surface area contributed by atoms with Gasteiger partial charge in [0.1, 0.15) is 12.1 Å². The van der Waals surface area contributed by atoms with Crippen molar-refractivity contribution in [2.24, 2.45) is 0 Å². The number of hydrogen-bond donors (Lipinski definition) is 0. The van der Waals surface area contributed by atoms with Crippen LogP contribution in [0.5, 0.6) is 0 Å². The zero-order valence-electron chi connectivity index (χ0n) is 15.7. The summed E-state index contributed by atoms with van der Waals surface area (Å²) in [5.74, 6) is 0.959. The lowest BCUT2D eigenvalue weighted by Gasteiger charge is -2.32. The third-order valence-corrected chi connectivity index (χ3v) is 5.29. The summed E-state index contributed by atoms with van der Waals surface area (Å²) in [6.07, 6.45) is 9.40. The van der Waals surface area contributed by atoms with Crippen molar-refractivity contribution in [2.75, 3.05) is 31.6 Å². The minimum Gasteiger partial charge on any atom is -0.376 e. The van der Waals surface area contributed by atoms with E-state index in [-0.39, 0.29) is 12.0 Å². The van der Waals surface area contributed by atoms with Crippen molar-refractivity contribution in [3.63, 3.8) is 0 Å². The van der Waals surface area contributed by atoms with Crippen LogP contribution in [0.4, 0.5) is 5.82 Å². The normalized spacial score (nSPS) is 19.4. The molecule has 2 aromatic rings. The van der Waals surface area contributed by atoms with E-state index in [0.717, 1.165) is 49.5 Å². The fourth-order valence-corrected chi connectivity index (χ4v) is 3.85. The SMILES string of the molecule is CN(C[C@@H]1CCCCO1)c1ncnc2c1CCN(C(=O)c1cccnc1)C2. The minimum atomic E-state index is -0.00197. The summed E-state index contributed by atoms with van der Waals surface area (Å²) in [7, 11) is 2.06. The van der Waals surface area contributed by atoms with Crippen molar-refractivity contribution in [2.45, 2.75) is 38.3 Å². The van der Waals surface area contributed by atoms with E-state index < -0.39 is 0 Å².